The molecule has 0 aliphatic carbocycles. The minimum absolute atomic E-state index is 0.197. The fraction of sp³-hybridized carbons (Fsp3) is 0.192. The second kappa shape index (κ2) is 9.38. The highest BCUT2D eigenvalue weighted by atomic mass is 16.5. The number of methoxy groups -OCH3 is 3. The van der Waals surface area contributed by atoms with E-state index in [4.69, 9.17) is 23.4 Å². The molecule has 0 radical (unpaired) electrons. The summed E-state index contributed by atoms with van der Waals surface area (Å²) in [4.78, 5) is 13.2. The summed E-state index contributed by atoms with van der Waals surface area (Å²) in [7, 11) is 4.68. The Labute approximate surface area is 200 Å². The van der Waals surface area contributed by atoms with Crippen LogP contribution in [0.2, 0.25) is 0 Å². The molecule has 2 aromatic heterocycles. The molecule has 9 nitrogen and oxygen atoms in total. The molecule has 0 aliphatic heterocycles. The molecule has 0 atom stereocenters. The number of hydrogen-bond donors (Lipinski definition) is 0. The van der Waals surface area contributed by atoms with Crippen molar-refractivity contribution < 1.29 is 23.4 Å². The van der Waals surface area contributed by atoms with Gasteiger partial charge in [-0.2, -0.15) is 0 Å². The number of benzene rings is 3. The summed E-state index contributed by atoms with van der Waals surface area (Å²) in [6.45, 7) is 0.754. The first kappa shape index (κ1) is 22.3. The average molecular weight is 473 g/mol. The standard InChI is InChI=1S/C26H23N3O6/c1-31-18-6-4-5-16(9-18)13-29-14-17(27-28-29)15-34-19-7-8-22-21(10-19)26(30)25-23(33-3)11-20(32-2)12-24(25)35-22/h4-12,14H,13,15H2,1-3H3. The molecule has 0 saturated heterocycles. The molecule has 0 unspecified atom stereocenters. The van der Waals surface area contributed by atoms with Gasteiger partial charge in [0.2, 0.25) is 5.43 Å². The highest BCUT2D eigenvalue weighted by Crippen LogP contribution is 2.32. The Morgan fingerprint density at radius 2 is 1.74 bits per heavy atom. The van der Waals surface area contributed by atoms with E-state index in [1.807, 2.05) is 30.5 Å². The molecule has 5 aromatic rings. The maximum Gasteiger partial charge on any atom is 0.204 e. The zero-order valence-corrected chi connectivity index (χ0v) is 19.5. The van der Waals surface area contributed by atoms with E-state index < -0.39 is 0 Å². The van der Waals surface area contributed by atoms with Gasteiger partial charge in [0.05, 0.1) is 39.5 Å². The van der Waals surface area contributed by atoms with E-state index in [0.717, 1.165) is 11.3 Å². The maximum absolute atomic E-state index is 13.2. The van der Waals surface area contributed by atoms with Crippen LogP contribution in [0.4, 0.5) is 0 Å². The molecule has 0 N–H and O–H groups in total. The number of nitrogens with zero attached hydrogens (tertiary/aromatic N) is 3. The third-order valence-corrected chi connectivity index (χ3v) is 5.59. The predicted octanol–water partition coefficient (Wildman–Crippen LogP) is 4.19. The second-order valence-corrected chi connectivity index (χ2v) is 7.84. The normalized spacial score (nSPS) is 11.1. The first-order chi connectivity index (χ1) is 17.1. The van der Waals surface area contributed by atoms with Gasteiger partial charge in [0, 0.05) is 12.1 Å². The molecule has 0 amide bonds. The van der Waals surface area contributed by atoms with Crippen LogP contribution in [0.3, 0.4) is 0 Å². The van der Waals surface area contributed by atoms with Crippen LogP contribution in [0, 0.1) is 0 Å². The van der Waals surface area contributed by atoms with Gasteiger partial charge in [-0.05, 0) is 35.9 Å². The Bertz CT molecular complexity index is 1570. The summed E-state index contributed by atoms with van der Waals surface area (Å²) < 4.78 is 29.5. The van der Waals surface area contributed by atoms with E-state index in [1.165, 1.54) is 7.11 Å². The average Bonchev–Trinajstić information content (AvgIpc) is 3.34. The lowest BCUT2D eigenvalue weighted by molar-refractivity contribution is 0.301. The van der Waals surface area contributed by atoms with Gasteiger partial charge in [0.15, 0.2) is 0 Å². The molecule has 0 aliphatic rings. The zero-order valence-electron chi connectivity index (χ0n) is 19.5. The van der Waals surface area contributed by atoms with Crippen LogP contribution < -0.4 is 24.4 Å². The Hall–Kier alpha value is -4.53. The zero-order chi connectivity index (χ0) is 24.4. The van der Waals surface area contributed by atoms with Crippen LogP contribution in [0.1, 0.15) is 11.3 Å². The highest BCUT2D eigenvalue weighted by Gasteiger charge is 2.15. The quantitative estimate of drug-likeness (QED) is 0.310. The number of fused-ring (bicyclic) bond motifs is 2. The van der Waals surface area contributed by atoms with E-state index in [-0.39, 0.29) is 12.0 Å². The smallest absolute Gasteiger partial charge is 0.204 e. The van der Waals surface area contributed by atoms with Gasteiger partial charge in [-0.25, -0.2) is 4.68 Å². The van der Waals surface area contributed by atoms with E-state index in [0.29, 0.717) is 51.4 Å². The van der Waals surface area contributed by atoms with Crippen molar-refractivity contribution in [3.05, 3.63) is 82.3 Å². The van der Waals surface area contributed by atoms with Gasteiger partial charge in [0.1, 0.15) is 51.9 Å². The Morgan fingerprint density at radius 3 is 2.54 bits per heavy atom. The van der Waals surface area contributed by atoms with Crippen LogP contribution in [0.5, 0.6) is 23.0 Å². The van der Waals surface area contributed by atoms with Gasteiger partial charge < -0.3 is 23.4 Å². The first-order valence-corrected chi connectivity index (χ1v) is 10.9. The van der Waals surface area contributed by atoms with Gasteiger partial charge >= 0.3 is 0 Å². The minimum Gasteiger partial charge on any atom is -0.497 e. The molecule has 35 heavy (non-hydrogen) atoms. The summed E-state index contributed by atoms with van der Waals surface area (Å²) >= 11 is 0. The van der Waals surface area contributed by atoms with Gasteiger partial charge in [0.25, 0.3) is 0 Å². The summed E-state index contributed by atoms with van der Waals surface area (Å²) in [5.74, 6) is 2.22. The van der Waals surface area contributed by atoms with Crippen LogP contribution in [-0.2, 0) is 13.2 Å². The fourth-order valence-electron chi connectivity index (χ4n) is 3.86. The second-order valence-electron chi connectivity index (χ2n) is 7.84. The van der Waals surface area contributed by atoms with Crippen LogP contribution in [0.15, 0.2) is 70.0 Å². The molecule has 0 fully saturated rings. The SMILES string of the molecule is COc1cccc(Cn2cc(COc3ccc4oc5cc(OC)cc(OC)c5c(=O)c4c3)nn2)c1. The van der Waals surface area contributed by atoms with E-state index >= 15 is 0 Å². The van der Waals surface area contributed by atoms with E-state index in [2.05, 4.69) is 10.3 Å². The Balaban J connectivity index is 1.37. The largest absolute Gasteiger partial charge is 0.497 e. The number of rotatable bonds is 8. The molecular formula is C26H23N3O6. The van der Waals surface area contributed by atoms with Gasteiger partial charge in [-0.3, -0.25) is 4.79 Å². The first-order valence-electron chi connectivity index (χ1n) is 10.9. The summed E-state index contributed by atoms with van der Waals surface area (Å²) in [6, 6.07) is 16.2. The minimum atomic E-state index is -0.213. The van der Waals surface area contributed by atoms with Crippen LogP contribution in [0.25, 0.3) is 21.9 Å². The lowest BCUT2D eigenvalue weighted by Gasteiger charge is -2.10. The summed E-state index contributed by atoms with van der Waals surface area (Å²) in [5, 5.41) is 9.08. The third-order valence-electron chi connectivity index (χ3n) is 5.59. The molecule has 3 aromatic carbocycles. The Kier molecular flexibility index (Phi) is 5.97. The summed E-state index contributed by atoms with van der Waals surface area (Å²) in [5.41, 5.74) is 2.32. The topological polar surface area (TPSA) is 97.8 Å². The van der Waals surface area contributed by atoms with Gasteiger partial charge in [-0.15, -0.1) is 5.10 Å². The van der Waals surface area contributed by atoms with Crippen molar-refractivity contribution in [2.75, 3.05) is 21.3 Å². The number of ether oxygens (including phenoxy) is 4. The maximum atomic E-state index is 13.2. The van der Waals surface area contributed by atoms with Crippen molar-refractivity contribution in [3.63, 3.8) is 0 Å². The van der Waals surface area contributed by atoms with Crippen molar-refractivity contribution in [1.82, 2.24) is 15.0 Å². The van der Waals surface area contributed by atoms with E-state index in [1.54, 1.807) is 49.2 Å². The molecular weight excluding hydrogens is 450 g/mol. The molecule has 0 spiro atoms. The van der Waals surface area contributed by atoms with Crippen molar-refractivity contribution in [2.24, 2.45) is 0 Å². The molecule has 5 rings (SSSR count). The number of hydrogen-bond acceptors (Lipinski definition) is 8. The summed E-state index contributed by atoms with van der Waals surface area (Å²) in [6.07, 6.45) is 1.82. The van der Waals surface area contributed by atoms with Crippen LogP contribution in [-0.4, -0.2) is 36.3 Å². The lowest BCUT2D eigenvalue weighted by Crippen LogP contribution is -2.05. The Morgan fingerprint density at radius 1 is 0.886 bits per heavy atom. The van der Waals surface area contributed by atoms with Crippen LogP contribution >= 0.6 is 0 Å². The lowest BCUT2D eigenvalue weighted by atomic mass is 10.1. The molecule has 0 bridgehead atoms. The predicted molar refractivity (Wildman–Crippen MR) is 130 cm³/mol. The molecule has 2 heterocycles. The van der Waals surface area contributed by atoms with Gasteiger partial charge in [-0.1, -0.05) is 17.3 Å². The third kappa shape index (κ3) is 4.48. The molecule has 9 heteroatoms. The fourth-order valence-corrected chi connectivity index (χ4v) is 3.86. The van der Waals surface area contributed by atoms with Crippen molar-refractivity contribution >= 4 is 21.9 Å². The monoisotopic (exact) mass is 473 g/mol. The van der Waals surface area contributed by atoms with Crippen molar-refractivity contribution in [1.29, 1.82) is 0 Å². The van der Waals surface area contributed by atoms with Crippen molar-refractivity contribution in [3.8, 4) is 23.0 Å². The molecule has 0 saturated carbocycles. The van der Waals surface area contributed by atoms with Crippen molar-refractivity contribution in [2.45, 2.75) is 13.2 Å². The molecule has 178 valence electrons. The van der Waals surface area contributed by atoms with E-state index in [9.17, 15) is 4.79 Å². The number of aromatic nitrogens is 3. The highest BCUT2D eigenvalue weighted by molar-refractivity contribution is 5.94.